The Morgan fingerprint density at radius 2 is 1.86 bits per heavy atom. The van der Waals surface area contributed by atoms with Crippen molar-refractivity contribution in [2.24, 2.45) is 0 Å². The Kier molecular flexibility index (Phi) is 7.06. The van der Waals surface area contributed by atoms with Gasteiger partial charge in [0.05, 0.1) is 14.2 Å². The van der Waals surface area contributed by atoms with E-state index in [9.17, 15) is 4.79 Å². The molecule has 28 heavy (non-hydrogen) atoms. The minimum atomic E-state index is -0.199. The highest BCUT2D eigenvalue weighted by Gasteiger charge is 2.15. The molecule has 1 saturated carbocycles. The number of benzene rings is 1. The number of hydrogen-bond donors (Lipinski definition) is 2. The van der Waals surface area contributed by atoms with Crippen molar-refractivity contribution in [3.8, 4) is 11.5 Å². The number of aromatic nitrogens is 2. The van der Waals surface area contributed by atoms with Gasteiger partial charge in [-0.3, -0.25) is 4.79 Å². The Hall–Kier alpha value is -2.83. The van der Waals surface area contributed by atoms with Gasteiger partial charge < -0.3 is 20.1 Å². The molecular formula is C21H28N4O3. The Morgan fingerprint density at radius 3 is 2.61 bits per heavy atom. The van der Waals surface area contributed by atoms with Crippen molar-refractivity contribution in [3.63, 3.8) is 0 Å². The number of ether oxygens (including phenoxy) is 2. The number of anilines is 1. The maximum absolute atomic E-state index is 12.4. The lowest BCUT2D eigenvalue weighted by Gasteiger charge is -2.23. The summed E-state index contributed by atoms with van der Waals surface area (Å²) in [6.07, 6.45) is 8.21. The number of amides is 1. The number of rotatable bonds is 8. The number of carbonyl (C=O) groups excluding carboxylic acids is 1. The van der Waals surface area contributed by atoms with Crippen LogP contribution in [0.2, 0.25) is 0 Å². The monoisotopic (exact) mass is 384 g/mol. The fourth-order valence-corrected chi connectivity index (χ4v) is 3.46. The molecule has 1 aliphatic carbocycles. The first kappa shape index (κ1) is 19.9. The van der Waals surface area contributed by atoms with Crippen molar-refractivity contribution in [3.05, 3.63) is 41.9 Å². The normalized spacial score (nSPS) is 14.4. The highest BCUT2D eigenvalue weighted by atomic mass is 16.5. The van der Waals surface area contributed by atoms with Gasteiger partial charge in [0.15, 0.2) is 11.5 Å². The molecule has 7 nitrogen and oxygen atoms in total. The van der Waals surface area contributed by atoms with Crippen LogP contribution in [0.3, 0.4) is 0 Å². The quantitative estimate of drug-likeness (QED) is 0.727. The third kappa shape index (κ3) is 5.34. The topological polar surface area (TPSA) is 85.4 Å². The number of methoxy groups -OCH3 is 2. The number of nitrogens with zero attached hydrogens (tertiary/aromatic N) is 2. The fraction of sp³-hybridized carbons (Fsp3) is 0.476. The van der Waals surface area contributed by atoms with Gasteiger partial charge in [0.1, 0.15) is 17.8 Å². The van der Waals surface area contributed by atoms with Crippen LogP contribution in [-0.2, 0) is 6.42 Å². The average molecular weight is 384 g/mol. The molecule has 3 rings (SSSR count). The Bertz CT molecular complexity index is 791. The van der Waals surface area contributed by atoms with Gasteiger partial charge in [-0.1, -0.05) is 25.3 Å². The standard InChI is InChI=1S/C21H28N4O3/c1-27-18-9-8-15(12-19(18)28-2)10-11-22-21(26)17-13-20(24-14-23-17)25-16-6-4-3-5-7-16/h8-9,12-14,16H,3-7,10-11H2,1-2H3,(H,22,26)(H,23,24,25). The number of hydrogen-bond acceptors (Lipinski definition) is 6. The SMILES string of the molecule is COc1ccc(CCNC(=O)c2cc(NC3CCCCC3)ncn2)cc1OC. The van der Waals surface area contributed by atoms with Gasteiger partial charge >= 0.3 is 0 Å². The van der Waals surface area contributed by atoms with Gasteiger partial charge in [0, 0.05) is 18.7 Å². The molecule has 150 valence electrons. The predicted octanol–water partition coefficient (Wildman–Crippen LogP) is 3.21. The van der Waals surface area contributed by atoms with E-state index in [1.807, 2.05) is 18.2 Å². The second kappa shape index (κ2) is 9.92. The van der Waals surface area contributed by atoms with Crippen molar-refractivity contribution in [2.45, 2.75) is 44.6 Å². The van der Waals surface area contributed by atoms with Gasteiger partial charge in [-0.05, 0) is 37.0 Å². The van der Waals surface area contributed by atoms with E-state index in [0.717, 1.165) is 18.4 Å². The molecule has 7 heteroatoms. The van der Waals surface area contributed by atoms with Crippen LogP contribution in [0, 0.1) is 0 Å². The molecule has 0 radical (unpaired) electrons. The zero-order chi connectivity index (χ0) is 19.8. The predicted molar refractivity (Wildman–Crippen MR) is 108 cm³/mol. The molecule has 1 amide bonds. The van der Waals surface area contributed by atoms with Crippen LogP contribution in [0.5, 0.6) is 11.5 Å². The zero-order valence-corrected chi connectivity index (χ0v) is 16.5. The van der Waals surface area contributed by atoms with Crippen LogP contribution in [0.15, 0.2) is 30.6 Å². The lowest BCUT2D eigenvalue weighted by atomic mass is 9.95. The van der Waals surface area contributed by atoms with E-state index in [2.05, 4.69) is 20.6 Å². The largest absolute Gasteiger partial charge is 0.493 e. The van der Waals surface area contributed by atoms with Crippen LogP contribution < -0.4 is 20.1 Å². The lowest BCUT2D eigenvalue weighted by Crippen LogP contribution is -2.27. The van der Waals surface area contributed by atoms with Crippen molar-refractivity contribution in [1.29, 1.82) is 0 Å². The summed E-state index contributed by atoms with van der Waals surface area (Å²) in [5, 5.41) is 6.34. The summed E-state index contributed by atoms with van der Waals surface area (Å²) in [5.41, 5.74) is 1.43. The first-order valence-electron chi connectivity index (χ1n) is 9.77. The Balaban J connectivity index is 1.52. The molecule has 0 atom stereocenters. The summed E-state index contributed by atoms with van der Waals surface area (Å²) in [7, 11) is 3.22. The minimum absolute atomic E-state index is 0.199. The van der Waals surface area contributed by atoms with Crippen molar-refractivity contribution >= 4 is 11.7 Å². The summed E-state index contributed by atoms with van der Waals surface area (Å²) in [5.74, 6) is 1.89. The van der Waals surface area contributed by atoms with E-state index in [0.29, 0.717) is 42.0 Å². The van der Waals surface area contributed by atoms with E-state index in [1.165, 1.54) is 25.6 Å². The summed E-state index contributed by atoms with van der Waals surface area (Å²) >= 11 is 0. The van der Waals surface area contributed by atoms with Crippen molar-refractivity contribution in [2.75, 3.05) is 26.1 Å². The van der Waals surface area contributed by atoms with Crippen LogP contribution in [0.4, 0.5) is 5.82 Å². The third-order valence-corrected chi connectivity index (χ3v) is 5.00. The molecule has 0 saturated heterocycles. The van der Waals surface area contributed by atoms with Crippen LogP contribution in [0.25, 0.3) is 0 Å². The highest BCUT2D eigenvalue weighted by molar-refractivity contribution is 5.92. The Labute approximate surface area is 165 Å². The van der Waals surface area contributed by atoms with E-state index >= 15 is 0 Å². The average Bonchev–Trinajstić information content (AvgIpc) is 2.74. The van der Waals surface area contributed by atoms with E-state index in [4.69, 9.17) is 9.47 Å². The molecule has 2 aromatic rings. The van der Waals surface area contributed by atoms with E-state index < -0.39 is 0 Å². The molecule has 1 aromatic carbocycles. The molecule has 0 aliphatic heterocycles. The minimum Gasteiger partial charge on any atom is -0.493 e. The van der Waals surface area contributed by atoms with Gasteiger partial charge in [-0.25, -0.2) is 9.97 Å². The fourth-order valence-electron chi connectivity index (χ4n) is 3.46. The molecule has 2 N–H and O–H groups in total. The van der Waals surface area contributed by atoms with Crippen molar-refractivity contribution in [1.82, 2.24) is 15.3 Å². The van der Waals surface area contributed by atoms with E-state index in [-0.39, 0.29) is 5.91 Å². The highest BCUT2D eigenvalue weighted by Crippen LogP contribution is 2.27. The van der Waals surface area contributed by atoms with Gasteiger partial charge in [-0.2, -0.15) is 0 Å². The third-order valence-electron chi connectivity index (χ3n) is 5.00. The molecule has 1 heterocycles. The first-order chi connectivity index (χ1) is 13.7. The molecule has 0 unspecified atom stereocenters. The van der Waals surface area contributed by atoms with Gasteiger partial charge in [0.2, 0.25) is 0 Å². The van der Waals surface area contributed by atoms with Gasteiger partial charge in [0.25, 0.3) is 5.91 Å². The number of carbonyl (C=O) groups is 1. The molecule has 0 spiro atoms. The van der Waals surface area contributed by atoms with Crippen LogP contribution in [-0.4, -0.2) is 42.7 Å². The lowest BCUT2D eigenvalue weighted by molar-refractivity contribution is 0.0949. The van der Waals surface area contributed by atoms with Crippen LogP contribution >= 0.6 is 0 Å². The molecule has 1 fully saturated rings. The Morgan fingerprint density at radius 1 is 1.07 bits per heavy atom. The second-order valence-electron chi connectivity index (χ2n) is 6.96. The molecule has 0 bridgehead atoms. The zero-order valence-electron chi connectivity index (χ0n) is 16.5. The maximum atomic E-state index is 12.4. The van der Waals surface area contributed by atoms with E-state index in [1.54, 1.807) is 20.3 Å². The second-order valence-corrected chi connectivity index (χ2v) is 6.96. The van der Waals surface area contributed by atoms with Gasteiger partial charge in [-0.15, -0.1) is 0 Å². The summed E-state index contributed by atoms with van der Waals surface area (Å²) in [6.45, 7) is 0.504. The summed E-state index contributed by atoms with van der Waals surface area (Å²) in [4.78, 5) is 20.8. The maximum Gasteiger partial charge on any atom is 0.270 e. The number of nitrogens with one attached hydrogen (secondary N) is 2. The molecule has 1 aromatic heterocycles. The summed E-state index contributed by atoms with van der Waals surface area (Å²) < 4.78 is 10.6. The first-order valence-corrected chi connectivity index (χ1v) is 9.77. The summed E-state index contributed by atoms with van der Waals surface area (Å²) in [6, 6.07) is 7.90. The molecular weight excluding hydrogens is 356 g/mol. The smallest absolute Gasteiger partial charge is 0.270 e. The van der Waals surface area contributed by atoms with Crippen molar-refractivity contribution < 1.29 is 14.3 Å². The van der Waals surface area contributed by atoms with Crippen LogP contribution in [0.1, 0.15) is 48.2 Å². The molecule has 1 aliphatic rings.